The van der Waals surface area contributed by atoms with Crippen LogP contribution in [0.1, 0.15) is 13.3 Å². The minimum Gasteiger partial charge on any atom is -0.390 e. The van der Waals surface area contributed by atoms with Crippen LogP contribution in [0.5, 0.6) is 0 Å². The first kappa shape index (κ1) is 8.31. The van der Waals surface area contributed by atoms with Gasteiger partial charge in [-0.25, -0.2) is 0 Å². The number of piperidine rings is 2. The van der Waals surface area contributed by atoms with Gasteiger partial charge in [-0.05, 0) is 13.3 Å². The molecule has 0 radical (unpaired) electrons. The molecule has 3 fully saturated rings. The molecule has 2 bridgehead atoms. The van der Waals surface area contributed by atoms with Crippen LogP contribution >= 0.6 is 12.4 Å². The molecule has 0 amide bonds. The van der Waals surface area contributed by atoms with Gasteiger partial charge in [0.25, 0.3) is 0 Å². The fraction of sp³-hybridized carbons (Fsp3) is 1.00. The quantitative estimate of drug-likeness (QED) is 0.542. The van der Waals surface area contributed by atoms with Gasteiger partial charge in [0.15, 0.2) is 0 Å². The van der Waals surface area contributed by atoms with Crippen molar-refractivity contribution < 1.29 is 5.11 Å². The first-order valence-corrected chi connectivity index (χ1v) is 3.64. The molecule has 3 heteroatoms. The molecule has 2 N–H and O–H groups in total. The van der Waals surface area contributed by atoms with E-state index >= 15 is 0 Å². The number of halogens is 1. The average Bonchev–Trinajstić information content (AvgIpc) is 1.89. The molecule has 1 saturated carbocycles. The maximum atomic E-state index is 9.65. The fourth-order valence-electron chi connectivity index (χ4n) is 2.01. The second-order valence-electron chi connectivity index (χ2n) is 3.51. The minimum absolute atomic E-state index is 0. The van der Waals surface area contributed by atoms with E-state index < -0.39 is 0 Å². The number of hydrogen-bond donors (Lipinski definition) is 2. The highest BCUT2D eigenvalue weighted by Gasteiger charge is 2.52. The lowest BCUT2D eigenvalue weighted by Crippen LogP contribution is -2.64. The zero-order valence-corrected chi connectivity index (χ0v) is 6.95. The highest BCUT2D eigenvalue weighted by Crippen LogP contribution is 2.45. The number of rotatable bonds is 0. The number of hydrogen-bond acceptors (Lipinski definition) is 2. The fourth-order valence-corrected chi connectivity index (χ4v) is 2.01. The van der Waals surface area contributed by atoms with Crippen molar-refractivity contribution in [3.63, 3.8) is 0 Å². The van der Waals surface area contributed by atoms with Gasteiger partial charge >= 0.3 is 0 Å². The van der Waals surface area contributed by atoms with Gasteiger partial charge in [-0.2, -0.15) is 0 Å². The Morgan fingerprint density at radius 2 is 1.90 bits per heavy atom. The Labute approximate surface area is 67.4 Å². The standard InChI is InChI=1S/C7H13NO.ClH/c1-7(9)5-2-6(7)4-8-3-5;/h5-6,8-9H,2-4H2,1H3;1H/t5-,6+,7?;. The lowest BCUT2D eigenvalue weighted by atomic mass is 9.59. The third-order valence-corrected chi connectivity index (χ3v) is 3.00. The van der Waals surface area contributed by atoms with E-state index in [4.69, 9.17) is 0 Å². The summed E-state index contributed by atoms with van der Waals surface area (Å²) in [6.45, 7) is 4.00. The number of aliphatic hydroxyl groups is 1. The molecule has 60 valence electrons. The summed E-state index contributed by atoms with van der Waals surface area (Å²) in [7, 11) is 0. The van der Waals surface area contributed by atoms with Crippen LogP contribution < -0.4 is 5.32 Å². The van der Waals surface area contributed by atoms with Crippen LogP contribution in [-0.2, 0) is 0 Å². The summed E-state index contributed by atoms with van der Waals surface area (Å²) < 4.78 is 0. The Morgan fingerprint density at radius 3 is 2.10 bits per heavy atom. The minimum atomic E-state index is -0.328. The Balaban J connectivity index is 0.000000500. The second-order valence-corrected chi connectivity index (χ2v) is 3.51. The summed E-state index contributed by atoms with van der Waals surface area (Å²) >= 11 is 0. The molecule has 3 rings (SSSR count). The molecular formula is C7H14ClNO. The first-order valence-electron chi connectivity index (χ1n) is 3.64. The zero-order chi connectivity index (χ0) is 6.48. The Hall–Kier alpha value is 0.210. The van der Waals surface area contributed by atoms with Gasteiger partial charge < -0.3 is 10.4 Å². The normalized spacial score (nSPS) is 51.0. The van der Waals surface area contributed by atoms with Crippen LogP contribution in [0.4, 0.5) is 0 Å². The van der Waals surface area contributed by atoms with Gasteiger partial charge in [-0.1, -0.05) is 0 Å². The van der Waals surface area contributed by atoms with Gasteiger partial charge in [-0.3, -0.25) is 0 Å². The summed E-state index contributed by atoms with van der Waals surface area (Å²) in [4.78, 5) is 0. The van der Waals surface area contributed by atoms with Crippen LogP contribution in [0, 0.1) is 11.8 Å². The highest BCUT2D eigenvalue weighted by molar-refractivity contribution is 5.85. The Bertz CT molecular complexity index is 122. The average molecular weight is 164 g/mol. The van der Waals surface area contributed by atoms with E-state index in [2.05, 4.69) is 5.32 Å². The lowest BCUT2D eigenvalue weighted by molar-refractivity contribution is -0.153. The zero-order valence-electron chi connectivity index (χ0n) is 6.13. The third kappa shape index (κ3) is 0.865. The lowest BCUT2D eigenvalue weighted by Gasteiger charge is -2.54. The maximum Gasteiger partial charge on any atom is 0.0700 e. The van der Waals surface area contributed by atoms with Crippen LogP contribution in [0.25, 0.3) is 0 Å². The predicted molar refractivity (Wildman–Crippen MR) is 42.3 cm³/mol. The molecule has 0 aromatic rings. The van der Waals surface area contributed by atoms with E-state index in [1.54, 1.807) is 0 Å². The van der Waals surface area contributed by atoms with E-state index in [-0.39, 0.29) is 18.0 Å². The first-order chi connectivity index (χ1) is 4.21. The van der Waals surface area contributed by atoms with E-state index in [0.717, 1.165) is 13.1 Å². The van der Waals surface area contributed by atoms with Crippen molar-refractivity contribution in [1.29, 1.82) is 0 Å². The molecule has 0 aromatic carbocycles. The van der Waals surface area contributed by atoms with Gasteiger partial charge in [0.1, 0.15) is 0 Å². The highest BCUT2D eigenvalue weighted by atomic mass is 35.5. The predicted octanol–water partition coefficient (Wildman–Crippen LogP) is 0.398. The van der Waals surface area contributed by atoms with Gasteiger partial charge in [0.05, 0.1) is 5.60 Å². The van der Waals surface area contributed by atoms with Crippen molar-refractivity contribution in [2.75, 3.05) is 13.1 Å². The Morgan fingerprint density at radius 1 is 1.40 bits per heavy atom. The van der Waals surface area contributed by atoms with Gasteiger partial charge in [0.2, 0.25) is 0 Å². The van der Waals surface area contributed by atoms with Crippen LogP contribution in [0.3, 0.4) is 0 Å². The number of nitrogens with one attached hydrogen (secondary N) is 1. The number of fused-ring (bicyclic) bond motifs is 2. The molecule has 0 spiro atoms. The van der Waals surface area contributed by atoms with Crippen molar-refractivity contribution in [1.82, 2.24) is 5.32 Å². The maximum absolute atomic E-state index is 9.65. The van der Waals surface area contributed by atoms with Crippen molar-refractivity contribution in [3.05, 3.63) is 0 Å². The second kappa shape index (κ2) is 2.36. The molecule has 10 heavy (non-hydrogen) atoms. The van der Waals surface area contributed by atoms with Gasteiger partial charge in [0, 0.05) is 24.9 Å². The smallest absolute Gasteiger partial charge is 0.0700 e. The van der Waals surface area contributed by atoms with Crippen molar-refractivity contribution in [2.45, 2.75) is 18.9 Å². The largest absolute Gasteiger partial charge is 0.390 e. The molecule has 1 aliphatic carbocycles. The topological polar surface area (TPSA) is 32.3 Å². The van der Waals surface area contributed by atoms with E-state index in [0.29, 0.717) is 11.8 Å². The summed E-state index contributed by atoms with van der Waals surface area (Å²) in [6, 6.07) is 0. The van der Waals surface area contributed by atoms with Crippen molar-refractivity contribution >= 4 is 12.4 Å². The molecule has 2 saturated heterocycles. The van der Waals surface area contributed by atoms with E-state index in [1.165, 1.54) is 6.42 Å². The van der Waals surface area contributed by atoms with Crippen molar-refractivity contribution in [3.8, 4) is 0 Å². The van der Waals surface area contributed by atoms with Crippen LogP contribution in [-0.4, -0.2) is 23.8 Å². The molecule has 2 nitrogen and oxygen atoms in total. The molecule has 3 atom stereocenters. The SMILES string of the molecule is CC1(O)[C@@H]2CNC[C@H]1C2.Cl. The molecule has 2 aliphatic heterocycles. The van der Waals surface area contributed by atoms with Crippen LogP contribution in [0.2, 0.25) is 0 Å². The molecule has 0 aromatic heterocycles. The van der Waals surface area contributed by atoms with E-state index in [1.807, 2.05) is 6.92 Å². The summed E-state index contributed by atoms with van der Waals surface area (Å²) in [5.41, 5.74) is -0.328. The third-order valence-electron chi connectivity index (χ3n) is 3.00. The Kier molecular flexibility index (Phi) is 1.96. The van der Waals surface area contributed by atoms with E-state index in [9.17, 15) is 5.11 Å². The van der Waals surface area contributed by atoms with Gasteiger partial charge in [-0.15, -0.1) is 12.4 Å². The summed E-state index contributed by atoms with van der Waals surface area (Å²) in [5.74, 6) is 1.08. The van der Waals surface area contributed by atoms with Crippen molar-refractivity contribution in [2.24, 2.45) is 11.8 Å². The summed E-state index contributed by atoms with van der Waals surface area (Å²) in [6.07, 6.45) is 1.24. The molecule has 1 unspecified atom stereocenters. The molecular weight excluding hydrogens is 150 g/mol. The monoisotopic (exact) mass is 163 g/mol. The summed E-state index contributed by atoms with van der Waals surface area (Å²) in [5, 5.41) is 12.9. The van der Waals surface area contributed by atoms with Crippen LogP contribution in [0.15, 0.2) is 0 Å². The molecule has 3 aliphatic rings. The molecule has 2 heterocycles.